The van der Waals surface area contributed by atoms with Gasteiger partial charge in [0.25, 0.3) is 0 Å². The Morgan fingerprint density at radius 2 is 0.761 bits per heavy atom. The normalized spacial score (nSPS) is 11.3. The SMILES string of the molecule is CCO[Si](C)(OCC)c1ccc(N(c2ccccc2)c2cccc(-c3cccc(N(c4ccccc4)c4ccccc4)c3)c2)cc1. The van der Waals surface area contributed by atoms with Gasteiger partial charge in [-0.05, 0) is 110 Å². The molecular weight excluding hydrogens is 581 g/mol. The minimum Gasteiger partial charge on any atom is -0.391 e. The van der Waals surface area contributed by atoms with E-state index in [0.717, 1.165) is 50.4 Å². The molecule has 0 aliphatic carbocycles. The lowest BCUT2D eigenvalue weighted by atomic mass is 10.0. The zero-order valence-electron chi connectivity index (χ0n) is 26.7. The predicted octanol–water partition coefficient (Wildman–Crippen LogP) is 10.6. The monoisotopic (exact) mass is 620 g/mol. The standard InChI is InChI=1S/C41H40N2O2Si/c1-4-44-46(3,45-5-2)41-29-27-38(28-30-41)43(37-23-13-8-14-24-37)40-26-16-18-34(32-40)33-17-15-25-39(31-33)42(35-19-9-6-10-20-35)36-21-11-7-12-22-36/h6-32H,4-5H2,1-3H3. The number of hydrogen-bond acceptors (Lipinski definition) is 4. The molecule has 0 atom stereocenters. The van der Waals surface area contributed by atoms with E-state index in [9.17, 15) is 0 Å². The molecule has 0 aliphatic heterocycles. The number of para-hydroxylation sites is 3. The van der Waals surface area contributed by atoms with Gasteiger partial charge >= 0.3 is 8.56 Å². The molecule has 0 aromatic heterocycles. The summed E-state index contributed by atoms with van der Waals surface area (Å²) >= 11 is 0. The first-order chi connectivity index (χ1) is 22.6. The average molecular weight is 621 g/mol. The van der Waals surface area contributed by atoms with Crippen LogP contribution in [0.4, 0.5) is 34.1 Å². The van der Waals surface area contributed by atoms with Crippen LogP contribution in [0.5, 0.6) is 0 Å². The number of nitrogens with zero attached hydrogens (tertiary/aromatic N) is 2. The molecule has 0 fully saturated rings. The van der Waals surface area contributed by atoms with Crippen molar-refractivity contribution < 1.29 is 8.85 Å². The highest BCUT2D eigenvalue weighted by Gasteiger charge is 2.33. The molecule has 0 saturated heterocycles. The van der Waals surface area contributed by atoms with Crippen LogP contribution in [0.15, 0.2) is 164 Å². The Labute approximate surface area is 274 Å². The molecule has 4 nitrogen and oxygen atoms in total. The topological polar surface area (TPSA) is 24.9 Å². The molecule has 230 valence electrons. The van der Waals surface area contributed by atoms with Crippen molar-refractivity contribution in [1.29, 1.82) is 0 Å². The minimum atomic E-state index is -2.48. The van der Waals surface area contributed by atoms with Gasteiger partial charge < -0.3 is 18.7 Å². The van der Waals surface area contributed by atoms with E-state index < -0.39 is 8.56 Å². The van der Waals surface area contributed by atoms with Crippen LogP contribution >= 0.6 is 0 Å². The van der Waals surface area contributed by atoms with Crippen molar-refractivity contribution in [2.24, 2.45) is 0 Å². The van der Waals surface area contributed by atoms with Crippen molar-refractivity contribution in [1.82, 2.24) is 0 Å². The molecular formula is C41H40N2O2Si. The van der Waals surface area contributed by atoms with Crippen LogP contribution < -0.4 is 15.0 Å². The van der Waals surface area contributed by atoms with Crippen LogP contribution in [0.3, 0.4) is 0 Å². The zero-order chi connectivity index (χ0) is 31.8. The van der Waals surface area contributed by atoms with Crippen molar-refractivity contribution in [3.63, 3.8) is 0 Å². The van der Waals surface area contributed by atoms with Gasteiger partial charge in [-0.25, -0.2) is 0 Å². The van der Waals surface area contributed by atoms with E-state index in [2.05, 4.69) is 180 Å². The Morgan fingerprint density at radius 3 is 1.13 bits per heavy atom. The first-order valence-electron chi connectivity index (χ1n) is 15.9. The molecule has 0 spiro atoms. The van der Waals surface area contributed by atoms with Gasteiger partial charge in [0.05, 0.1) is 0 Å². The number of anilines is 6. The maximum Gasteiger partial charge on any atom is 0.369 e. The van der Waals surface area contributed by atoms with Gasteiger partial charge in [0, 0.05) is 47.3 Å². The molecule has 0 unspecified atom stereocenters. The van der Waals surface area contributed by atoms with Crippen molar-refractivity contribution in [2.45, 2.75) is 20.4 Å². The largest absolute Gasteiger partial charge is 0.391 e. The molecule has 6 aromatic rings. The molecule has 0 amide bonds. The van der Waals surface area contributed by atoms with Crippen LogP contribution in [0.2, 0.25) is 6.55 Å². The van der Waals surface area contributed by atoms with Crippen molar-refractivity contribution in [2.75, 3.05) is 23.0 Å². The molecule has 6 aromatic carbocycles. The molecule has 6 rings (SSSR count). The molecule has 0 heterocycles. The Hall–Kier alpha value is -4.94. The smallest absolute Gasteiger partial charge is 0.369 e. The van der Waals surface area contributed by atoms with E-state index in [4.69, 9.17) is 8.85 Å². The van der Waals surface area contributed by atoms with Gasteiger partial charge in [-0.2, -0.15) is 0 Å². The molecule has 5 heteroatoms. The predicted molar refractivity (Wildman–Crippen MR) is 196 cm³/mol. The van der Waals surface area contributed by atoms with Crippen molar-refractivity contribution in [3.8, 4) is 11.1 Å². The minimum absolute atomic E-state index is 0.628. The number of hydrogen-bond donors (Lipinski definition) is 0. The number of benzene rings is 6. The van der Waals surface area contributed by atoms with E-state index in [1.54, 1.807) is 0 Å². The fourth-order valence-corrected chi connectivity index (χ4v) is 8.24. The molecule has 0 aliphatic rings. The summed E-state index contributed by atoms with van der Waals surface area (Å²) in [6, 6.07) is 57.8. The lowest BCUT2D eigenvalue weighted by Crippen LogP contribution is -2.51. The van der Waals surface area contributed by atoms with Gasteiger partial charge in [-0.15, -0.1) is 0 Å². The lowest BCUT2D eigenvalue weighted by Gasteiger charge is -2.29. The molecule has 0 bridgehead atoms. The van der Waals surface area contributed by atoms with Gasteiger partial charge in [-0.1, -0.05) is 91.0 Å². The second-order valence-corrected chi connectivity index (χ2v) is 14.2. The van der Waals surface area contributed by atoms with Crippen LogP contribution in [0.1, 0.15) is 13.8 Å². The van der Waals surface area contributed by atoms with E-state index in [1.807, 2.05) is 13.8 Å². The first-order valence-corrected chi connectivity index (χ1v) is 18.3. The third-order valence-corrected chi connectivity index (χ3v) is 11.1. The third kappa shape index (κ3) is 6.82. The Kier molecular flexibility index (Phi) is 9.75. The van der Waals surface area contributed by atoms with Crippen LogP contribution in [-0.2, 0) is 8.85 Å². The summed E-state index contributed by atoms with van der Waals surface area (Å²) in [5, 5.41) is 1.12. The molecule has 46 heavy (non-hydrogen) atoms. The Bertz CT molecular complexity index is 1780. The van der Waals surface area contributed by atoms with E-state index in [1.165, 1.54) is 0 Å². The molecule has 0 N–H and O–H groups in total. The van der Waals surface area contributed by atoms with E-state index in [-0.39, 0.29) is 0 Å². The van der Waals surface area contributed by atoms with Gasteiger partial charge in [0.1, 0.15) is 0 Å². The molecule has 0 radical (unpaired) electrons. The van der Waals surface area contributed by atoms with Gasteiger partial charge in [-0.3, -0.25) is 0 Å². The van der Waals surface area contributed by atoms with E-state index in [0.29, 0.717) is 13.2 Å². The fourth-order valence-electron chi connectivity index (χ4n) is 5.95. The summed E-state index contributed by atoms with van der Waals surface area (Å²) in [4.78, 5) is 4.60. The quantitative estimate of drug-likeness (QED) is 0.127. The maximum absolute atomic E-state index is 6.17. The Morgan fingerprint density at radius 1 is 0.413 bits per heavy atom. The second-order valence-electron chi connectivity index (χ2n) is 11.1. The third-order valence-electron chi connectivity index (χ3n) is 8.07. The van der Waals surface area contributed by atoms with Crippen molar-refractivity contribution in [3.05, 3.63) is 164 Å². The highest BCUT2D eigenvalue weighted by atomic mass is 28.4. The number of rotatable bonds is 12. The summed E-state index contributed by atoms with van der Waals surface area (Å²) < 4.78 is 12.3. The highest BCUT2D eigenvalue weighted by molar-refractivity contribution is 6.80. The zero-order valence-corrected chi connectivity index (χ0v) is 27.7. The van der Waals surface area contributed by atoms with E-state index >= 15 is 0 Å². The fraction of sp³-hybridized carbons (Fsp3) is 0.122. The second kappa shape index (κ2) is 14.4. The summed E-state index contributed by atoms with van der Waals surface area (Å²) in [5.41, 5.74) is 8.88. The summed E-state index contributed by atoms with van der Waals surface area (Å²) in [6.45, 7) is 7.43. The summed E-state index contributed by atoms with van der Waals surface area (Å²) in [6.07, 6.45) is 0. The van der Waals surface area contributed by atoms with Crippen LogP contribution in [0.25, 0.3) is 11.1 Å². The Balaban J connectivity index is 1.39. The van der Waals surface area contributed by atoms with Crippen molar-refractivity contribution >= 4 is 47.9 Å². The highest BCUT2D eigenvalue weighted by Crippen LogP contribution is 2.39. The van der Waals surface area contributed by atoms with Gasteiger partial charge in [0.15, 0.2) is 0 Å². The van der Waals surface area contributed by atoms with Crippen LogP contribution in [0, 0.1) is 0 Å². The average Bonchev–Trinajstić information content (AvgIpc) is 3.11. The lowest BCUT2D eigenvalue weighted by molar-refractivity contribution is 0.202. The molecule has 0 saturated carbocycles. The first kappa shape index (κ1) is 31.1. The summed E-state index contributed by atoms with van der Waals surface area (Å²) in [5.74, 6) is 0. The summed E-state index contributed by atoms with van der Waals surface area (Å²) in [7, 11) is -2.48. The van der Waals surface area contributed by atoms with Crippen LogP contribution in [-0.4, -0.2) is 21.8 Å². The maximum atomic E-state index is 6.17. The van der Waals surface area contributed by atoms with Gasteiger partial charge in [0.2, 0.25) is 0 Å².